The number of benzene rings is 1. The van der Waals surface area contributed by atoms with E-state index in [4.69, 9.17) is 5.11 Å². The zero-order chi connectivity index (χ0) is 17.3. The van der Waals surface area contributed by atoms with Crippen molar-refractivity contribution in [3.05, 3.63) is 29.8 Å². The molecule has 2 fully saturated rings. The summed E-state index contributed by atoms with van der Waals surface area (Å²) in [5, 5.41) is 19.0. The van der Waals surface area contributed by atoms with Crippen molar-refractivity contribution in [3.8, 4) is 0 Å². The SMILES string of the molecule is O=C(c1cccc(N2CCCC2=O)c1)N1CCC(O)(C(=O)O)CC1. The highest BCUT2D eigenvalue weighted by Gasteiger charge is 2.40. The van der Waals surface area contributed by atoms with Crippen molar-refractivity contribution in [2.24, 2.45) is 0 Å². The zero-order valence-electron chi connectivity index (χ0n) is 13.3. The van der Waals surface area contributed by atoms with E-state index < -0.39 is 11.6 Å². The Bertz CT molecular complexity index is 679. The lowest BCUT2D eigenvalue weighted by Gasteiger charge is -2.35. The molecule has 0 saturated carbocycles. The van der Waals surface area contributed by atoms with Crippen LogP contribution in [0.3, 0.4) is 0 Å². The van der Waals surface area contributed by atoms with Gasteiger partial charge in [0.2, 0.25) is 5.91 Å². The smallest absolute Gasteiger partial charge is 0.335 e. The van der Waals surface area contributed by atoms with Gasteiger partial charge in [0.05, 0.1) is 0 Å². The fourth-order valence-electron chi connectivity index (χ4n) is 3.20. The van der Waals surface area contributed by atoms with Crippen LogP contribution < -0.4 is 4.90 Å². The van der Waals surface area contributed by atoms with Crippen LogP contribution in [0.2, 0.25) is 0 Å². The van der Waals surface area contributed by atoms with Gasteiger partial charge in [0.1, 0.15) is 0 Å². The van der Waals surface area contributed by atoms with Gasteiger partial charge in [-0.2, -0.15) is 0 Å². The molecule has 1 aromatic rings. The van der Waals surface area contributed by atoms with Crippen molar-refractivity contribution >= 4 is 23.5 Å². The lowest BCUT2D eigenvalue weighted by molar-refractivity contribution is -0.162. The first kappa shape index (κ1) is 16.4. The number of carboxylic acid groups (broad SMARTS) is 1. The monoisotopic (exact) mass is 332 g/mol. The molecule has 7 nitrogen and oxygen atoms in total. The van der Waals surface area contributed by atoms with Crippen LogP contribution in [0.4, 0.5) is 5.69 Å². The van der Waals surface area contributed by atoms with Crippen molar-refractivity contribution in [1.29, 1.82) is 0 Å². The Morgan fingerprint density at radius 1 is 1.12 bits per heavy atom. The van der Waals surface area contributed by atoms with Crippen molar-refractivity contribution in [3.63, 3.8) is 0 Å². The minimum atomic E-state index is -1.75. The molecule has 2 N–H and O–H groups in total. The van der Waals surface area contributed by atoms with Gasteiger partial charge in [0.25, 0.3) is 5.91 Å². The summed E-state index contributed by atoms with van der Waals surface area (Å²) in [5.41, 5.74) is -0.573. The first-order chi connectivity index (χ1) is 11.4. The van der Waals surface area contributed by atoms with Crippen LogP contribution in [-0.2, 0) is 9.59 Å². The summed E-state index contributed by atoms with van der Waals surface area (Å²) in [6, 6.07) is 6.93. The van der Waals surface area contributed by atoms with Gasteiger partial charge in [-0.1, -0.05) is 6.07 Å². The van der Waals surface area contributed by atoms with E-state index in [1.807, 2.05) is 0 Å². The van der Waals surface area contributed by atoms with E-state index in [-0.39, 0.29) is 37.7 Å². The standard InChI is InChI=1S/C17H20N2O5/c20-14-5-2-8-19(14)13-4-1-3-12(11-13)15(21)18-9-6-17(24,7-10-18)16(22)23/h1,3-4,11,24H,2,5-10H2,(H,22,23). The highest BCUT2D eigenvalue weighted by molar-refractivity contribution is 5.99. The van der Waals surface area contributed by atoms with Gasteiger partial charge in [-0.25, -0.2) is 4.79 Å². The number of hydrogen-bond acceptors (Lipinski definition) is 4. The maximum Gasteiger partial charge on any atom is 0.335 e. The minimum Gasteiger partial charge on any atom is -0.479 e. The summed E-state index contributed by atoms with van der Waals surface area (Å²) in [4.78, 5) is 38.7. The van der Waals surface area contributed by atoms with Crippen LogP contribution in [-0.4, -0.2) is 58.1 Å². The molecule has 2 aliphatic heterocycles. The maximum absolute atomic E-state index is 12.6. The topological polar surface area (TPSA) is 98.2 Å². The molecule has 0 aromatic heterocycles. The number of carbonyl (C=O) groups is 3. The molecule has 0 bridgehead atoms. The number of rotatable bonds is 3. The summed E-state index contributed by atoms with van der Waals surface area (Å²) in [6.45, 7) is 1.04. The Morgan fingerprint density at radius 2 is 1.83 bits per heavy atom. The number of aliphatic hydroxyl groups is 1. The molecule has 2 amide bonds. The number of hydrogen-bond donors (Lipinski definition) is 2. The van der Waals surface area contributed by atoms with Crippen LogP contribution in [0.15, 0.2) is 24.3 Å². The van der Waals surface area contributed by atoms with Crippen LogP contribution in [0.25, 0.3) is 0 Å². The van der Waals surface area contributed by atoms with Crippen LogP contribution in [0, 0.1) is 0 Å². The Labute approximate surface area is 139 Å². The number of amides is 2. The molecule has 3 rings (SSSR count). The quantitative estimate of drug-likeness (QED) is 0.856. The van der Waals surface area contributed by atoms with Crippen molar-refractivity contribution in [2.45, 2.75) is 31.3 Å². The summed E-state index contributed by atoms with van der Waals surface area (Å²) in [5.74, 6) is -1.40. The first-order valence-corrected chi connectivity index (χ1v) is 8.06. The fraction of sp³-hybridized carbons (Fsp3) is 0.471. The second kappa shape index (κ2) is 6.24. The summed E-state index contributed by atoms with van der Waals surface area (Å²) in [6.07, 6.45) is 1.37. The molecule has 2 aliphatic rings. The number of anilines is 1. The molecule has 2 saturated heterocycles. The Kier molecular flexibility index (Phi) is 4.28. The van der Waals surface area contributed by atoms with E-state index in [9.17, 15) is 19.5 Å². The van der Waals surface area contributed by atoms with Gasteiger partial charge in [0.15, 0.2) is 5.60 Å². The van der Waals surface area contributed by atoms with Crippen LogP contribution >= 0.6 is 0 Å². The highest BCUT2D eigenvalue weighted by atomic mass is 16.4. The van der Waals surface area contributed by atoms with Crippen LogP contribution in [0.5, 0.6) is 0 Å². The van der Waals surface area contributed by atoms with Gasteiger partial charge in [-0.05, 0) is 24.6 Å². The lowest BCUT2D eigenvalue weighted by atomic mass is 9.91. The number of piperidine rings is 1. The largest absolute Gasteiger partial charge is 0.479 e. The molecule has 0 aliphatic carbocycles. The molecule has 0 unspecified atom stereocenters. The highest BCUT2D eigenvalue weighted by Crippen LogP contribution is 2.26. The molecule has 2 heterocycles. The maximum atomic E-state index is 12.6. The van der Waals surface area contributed by atoms with Gasteiger partial charge in [-0.3, -0.25) is 9.59 Å². The molecule has 1 aromatic carbocycles. The second-order valence-electron chi connectivity index (χ2n) is 6.33. The Morgan fingerprint density at radius 3 is 2.42 bits per heavy atom. The second-order valence-corrected chi connectivity index (χ2v) is 6.33. The van der Waals surface area contributed by atoms with E-state index in [0.29, 0.717) is 24.2 Å². The zero-order valence-corrected chi connectivity index (χ0v) is 13.3. The summed E-state index contributed by atoms with van der Waals surface area (Å²) in [7, 11) is 0. The van der Waals surface area contributed by atoms with Crippen molar-refractivity contribution < 1.29 is 24.6 Å². The third-order valence-electron chi connectivity index (χ3n) is 4.75. The van der Waals surface area contributed by atoms with E-state index in [1.54, 1.807) is 34.1 Å². The van der Waals surface area contributed by atoms with E-state index in [2.05, 4.69) is 0 Å². The fourth-order valence-corrected chi connectivity index (χ4v) is 3.20. The average molecular weight is 332 g/mol. The first-order valence-electron chi connectivity index (χ1n) is 8.06. The minimum absolute atomic E-state index is 0.0123. The number of carbonyl (C=O) groups excluding carboxylic acids is 2. The van der Waals surface area contributed by atoms with Crippen molar-refractivity contribution in [1.82, 2.24) is 4.90 Å². The van der Waals surface area contributed by atoms with Gasteiger partial charge in [-0.15, -0.1) is 0 Å². The molecule has 128 valence electrons. The average Bonchev–Trinajstić information content (AvgIpc) is 3.01. The van der Waals surface area contributed by atoms with E-state index in [0.717, 1.165) is 6.42 Å². The van der Waals surface area contributed by atoms with Gasteiger partial charge >= 0.3 is 5.97 Å². The predicted molar refractivity (Wildman–Crippen MR) is 85.8 cm³/mol. The Hall–Kier alpha value is -2.41. The molecule has 7 heteroatoms. The predicted octanol–water partition coefficient (Wildman–Crippen LogP) is 0.865. The summed E-state index contributed by atoms with van der Waals surface area (Å²) >= 11 is 0. The molecule has 0 radical (unpaired) electrons. The lowest BCUT2D eigenvalue weighted by Crippen LogP contribution is -2.50. The number of likely N-dealkylation sites (tertiary alicyclic amines) is 1. The van der Waals surface area contributed by atoms with Gasteiger partial charge < -0.3 is 20.0 Å². The van der Waals surface area contributed by atoms with E-state index >= 15 is 0 Å². The number of nitrogens with zero attached hydrogens (tertiary/aromatic N) is 2. The molecule has 24 heavy (non-hydrogen) atoms. The van der Waals surface area contributed by atoms with Gasteiger partial charge in [0, 0.05) is 50.1 Å². The van der Waals surface area contributed by atoms with Crippen molar-refractivity contribution in [2.75, 3.05) is 24.5 Å². The number of carboxylic acids is 1. The summed E-state index contributed by atoms with van der Waals surface area (Å²) < 4.78 is 0. The van der Waals surface area contributed by atoms with Crippen LogP contribution in [0.1, 0.15) is 36.0 Å². The third kappa shape index (κ3) is 2.99. The molecular weight excluding hydrogens is 312 g/mol. The third-order valence-corrected chi connectivity index (χ3v) is 4.75. The molecule has 0 spiro atoms. The van der Waals surface area contributed by atoms with E-state index in [1.165, 1.54) is 0 Å². The normalized spacial score (nSPS) is 20.3. The molecular formula is C17H20N2O5. The number of aliphatic carboxylic acids is 1. The molecule has 0 atom stereocenters. The Balaban J connectivity index is 1.72.